The second-order valence-electron chi connectivity index (χ2n) is 24.2. The number of fused-ring (bicyclic) bond motifs is 5. The second kappa shape index (κ2) is 89.6. The van der Waals surface area contributed by atoms with Crippen LogP contribution in [-0.2, 0) is 126 Å². The molecule has 10 rings (SSSR count). The molecule has 0 amide bonds. The summed E-state index contributed by atoms with van der Waals surface area (Å²) in [6.07, 6.45) is 25.9. The second-order valence-corrected chi connectivity index (χ2v) is 27.3. The van der Waals surface area contributed by atoms with Crippen molar-refractivity contribution in [3.05, 3.63) is 180 Å². The standard InChI is InChI=1S/C23H21O3.C10H16.C8H16.3C7H7O.C5H12.C3H8.C2H6O2S.C2H6O.C2H6S.7C2H6.3Y/c1-24-21-13-6-4-9-17(21)15-19-11-8-12-20(23(19)26-3)16-18-10-5-7-14-22(18)25-2;1-2-9-7-4-5-8(6-7)10(9)3-1;1-8(2)6-4-3-5-7-8;3*1-8-7-5-3-2-4-6-7;1-5(2,3)4;1-3-2;1-5(2,3)4;2*1-3-2;7*1-2;;;/h6-7,9-14H,15-16H2,1-3H3;7-10H,1-6H2;3-7H2,1-2H3;3*3-6H,1H3;1-4H3;3H2,1-2H3;1-2H3;2*1-2H3;7*1-2H3;;;/q-3;;;3*-1;;;;;;;;;;;;;;;. The average Bonchev–Trinajstić information content (AvgIpc) is 1.62. The van der Waals surface area contributed by atoms with E-state index >= 15 is 0 Å². The summed E-state index contributed by atoms with van der Waals surface area (Å²) in [5.41, 5.74) is 5.41. The van der Waals surface area contributed by atoms with Crippen molar-refractivity contribution in [2.75, 3.05) is 81.9 Å². The van der Waals surface area contributed by atoms with Crippen LogP contribution in [0, 0.1) is 70.9 Å². The van der Waals surface area contributed by atoms with Gasteiger partial charge in [0, 0.05) is 159 Å². The zero-order valence-electron chi connectivity index (χ0n) is 73.0. The van der Waals surface area contributed by atoms with Crippen LogP contribution in [0.2, 0.25) is 0 Å². The first-order valence-corrected chi connectivity index (χ1v) is 41.5. The monoisotopic (exact) mass is 1710 g/mol. The molecule has 0 spiro atoms. The Morgan fingerprint density at radius 2 is 0.673 bits per heavy atom. The molecule has 4 aliphatic rings. The molecule has 9 nitrogen and oxygen atoms in total. The van der Waals surface area contributed by atoms with Gasteiger partial charge in [-0.25, -0.2) is 8.42 Å². The van der Waals surface area contributed by atoms with Crippen LogP contribution in [0.3, 0.4) is 0 Å². The summed E-state index contributed by atoms with van der Waals surface area (Å²) in [4.78, 5) is 0. The van der Waals surface area contributed by atoms with Gasteiger partial charge < -0.3 is 33.2 Å². The first-order chi connectivity index (χ1) is 48.5. The van der Waals surface area contributed by atoms with Gasteiger partial charge in [-0.3, -0.25) is 0 Å². The number of ether oxygens (including phenoxy) is 7. The van der Waals surface area contributed by atoms with Crippen LogP contribution < -0.4 is 28.4 Å². The first-order valence-electron chi connectivity index (χ1n) is 37.5. The molecule has 6 aromatic carbocycles. The maximum Gasteiger partial charge on any atom is 0.144 e. The van der Waals surface area contributed by atoms with Gasteiger partial charge in [-0.2, -0.15) is 121 Å². The van der Waals surface area contributed by atoms with E-state index in [1.165, 1.54) is 62.2 Å². The van der Waals surface area contributed by atoms with E-state index in [9.17, 15) is 8.42 Å². The van der Waals surface area contributed by atoms with Gasteiger partial charge in [0.2, 0.25) is 0 Å². The maximum atomic E-state index is 9.63. The van der Waals surface area contributed by atoms with Gasteiger partial charge in [0.25, 0.3) is 0 Å². The van der Waals surface area contributed by atoms with Crippen molar-refractivity contribution in [1.82, 2.24) is 0 Å². The van der Waals surface area contributed by atoms with Crippen molar-refractivity contribution in [2.45, 2.75) is 242 Å². The van der Waals surface area contributed by atoms with Crippen LogP contribution >= 0.6 is 11.8 Å². The molecule has 0 saturated heterocycles. The van der Waals surface area contributed by atoms with Crippen molar-refractivity contribution < 1.29 is 140 Å². The minimum atomic E-state index is -2.67. The van der Waals surface area contributed by atoms with Gasteiger partial charge in [0.15, 0.2) is 0 Å². The normalized spacial score (nSPS) is 14.3. The molecule has 6 aromatic rings. The Hall–Kier alpha value is -2.31. The summed E-state index contributed by atoms with van der Waals surface area (Å²) < 4.78 is 54.9. The fraction of sp³-hybridized carbons (Fsp3) is 0.600. The smallest absolute Gasteiger partial charge is 0.144 e. The summed E-state index contributed by atoms with van der Waals surface area (Å²) in [6, 6.07) is 55.5. The van der Waals surface area contributed by atoms with E-state index in [0.29, 0.717) is 23.7 Å². The third kappa shape index (κ3) is 73.8. The van der Waals surface area contributed by atoms with Crippen LogP contribution in [-0.4, -0.2) is 90.3 Å². The molecule has 3 radical (unpaired) electrons. The van der Waals surface area contributed by atoms with Crippen molar-refractivity contribution in [3.63, 3.8) is 0 Å². The Bertz CT molecular complexity index is 2490. The molecule has 4 fully saturated rings. The average molecular weight is 1710 g/mol. The molecule has 4 saturated carbocycles. The van der Waals surface area contributed by atoms with Crippen LogP contribution in [0.4, 0.5) is 0 Å². The molecule has 4 aliphatic carbocycles. The zero-order valence-corrected chi connectivity index (χ0v) is 83.1. The Labute approximate surface area is 726 Å². The summed E-state index contributed by atoms with van der Waals surface area (Å²) in [5.74, 6) is 9.98. The van der Waals surface area contributed by atoms with Crippen LogP contribution in [0.15, 0.2) is 121 Å². The molecule has 4 atom stereocenters. The summed E-state index contributed by atoms with van der Waals surface area (Å²) in [5, 5.41) is 0. The molecule has 2 bridgehead atoms. The Balaban J connectivity index is -0.000000106. The van der Waals surface area contributed by atoms with Gasteiger partial charge in [0.05, 0.1) is 42.7 Å². The topological polar surface area (TPSA) is 98.8 Å². The fourth-order valence-corrected chi connectivity index (χ4v) is 10.1. The number of hydrogen-bond acceptors (Lipinski definition) is 10. The van der Waals surface area contributed by atoms with Crippen LogP contribution in [0.25, 0.3) is 0 Å². The van der Waals surface area contributed by atoms with Crippen molar-refractivity contribution in [2.24, 2.45) is 34.5 Å². The third-order valence-electron chi connectivity index (χ3n) is 13.6. The van der Waals surface area contributed by atoms with E-state index in [0.717, 1.165) is 69.3 Å². The fourth-order valence-electron chi connectivity index (χ4n) is 10.1. The third-order valence-corrected chi connectivity index (χ3v) is 13.6. The maximum absolute atomic E-state index is 9.63. The summed E-state index contributed by atoms with van der Waals surface area (Å²) in [6.45, 7) is 45.8. The Kier molecular flexibility index (Phi) is 108. The number of rotatable bonds is 10. The molecule has 4 unspecified atom stereocenters. The van der Waals surface area contributed by atoms with E-state index in [-0.39, 0.29) is 98.1 Å². The van der Waals surface area contributed by atoms with E-state index in [1.54, 1.807) is 107 Å². The predicted molar refractivity (Wildman–Crippen MR) is 449 cm³/mol. The summed E-state index contributed by atoms with van der Waals surface area (Å²) in [7, 11) is 10.6. The van der Waals surface area contributed by atoms with Crippen molar-refractivity contribution in [3.8, 4) is 34.5 Å². The molecule has 0 aromatic heterocycles. The molecule has 0 N–H and O–H groups in total. The van der Waals surface area contributed by atoms with Gasteiger partial charge in [-0.05, 0) is 92.0 Å². The van der Waals surface area contributed by atoms with Gasteiger partial charge in [-0.15, -0.1) is 70.8 Å². The molecule has 14 heteroatoms. The van der Waals surface area contributed by atoms with Gasteiger partial charge in [-0.1, -0.05) is 197 Å². The molecule has 0 heterocycles. The number of sulfone groups is 1. The van der Waals surface area contributed by atoms with Crippen molar-refractivity contribution in [1.29, 1.82) is 0 Å². The minimum Gasteiger partial charge on any atom is -0.522 e. The van der Waals surface area contributed by atoms with E-state index in [1.807, 2.05) is 231 Å². The number of benzene rings is 6. The molecule has 0 aliphatic heterocycles. The number of methoxy groups -OCH3 is 7. The van der Waals surface area contributed by atoms with Gasteiger partial charge in [0.1, 0.15) is 9.84 Å². The summed E-state index contributed by atoms with van der Waals surface area (Å²) >= 11 is 1.75. The van der Waals surface area contributed by atoms with Gasteiger partial charge >= 0.3 is 0 Å². The Morgan fingerprint density at radius 3 is 0.885 bits per heavy atom. The van der Waals surface area contributed by atoms with E-state index in [2.05, 4.69) is 96.5 Å². The molecule has 104 heavy (non-hydrogen) atoms. The number of thioether (sulfide) groups is 1. The van der Waals surface area contributed by atoms with E-state index < -0.39 is 9.84 Å². The van der Waals surface area contributed by atoms with E-state index in [4.69, 9.17) is 28.4 Å². The zero-order chi connectivity index (χ0) is 79.5. The Morgan fingerprint density at radius 1 is 0.423 bits per heavy atom. The van der Waals surface area contributed by atoms with Crippen LogP contribution in [0.1, 0.15) is 252 Å². The first kappa shape index (κ1) is 125. The molecule has 595 valence electrons. The molecular formula is C90H154O9S2Y3-6. The molecular weight excluding hydrogens is 1560 g/mol. The SMILES string of the molecule is C1CC2C3CCC(C3)C2C1.CC.CC.CC.CC.CC.CC.CC.CC(C)(C)C.CC1(C)CCCCC1.CCC.COC.COc1cc[c-]cc1.COc1cc[c-]cc1.COc1cc[c-]cc1.COc1cc[c-]cc1Cc1c[c-]cc(Cc2c[c-]ccc2OC)c1OC.CS(C)(=O)=O.CSC.[Y].[Y].[Y]. The minimum absolute atomic E-state index is 0. The quantitative estimate of drug-likeness (QED) is 0.123. The number of hydrogen-bond donors (Lipinski definition) is 0. The van der Waals surface area contributed by atoms with Crippen molar-refractivity contribution >= 4 is 21.6 Å². The predicted octanol–water partition coefficient (Wildman–Crippen LogP) is 26.1. The van der Waals surface area contributed by atoms with Crippen LogP contribution in [0.5, 0.6) is 34.5 Å². The largest absolute Gasteiger partial charge is 0.522 e.